The Balaban J connectivity index is 0.00000225. The first kappa shape index (κ1) is 18.6. The van der Waals surface area contributed by atoms with Gasteiger partial charge < -0.3 is 10.6 Å². The average molecular weight is 343 g/mol. The van der Waals surface area contributed by atoms with Crippen molar-refractivity contribution in [1.29, 1.82) is 5.26 Å². The normalized spacial score (nSPS) is 16.8. The number of nitriles is 1. The largest absolute Gasteiger partial charge is 0.341 e. The lowest BCUT2D eigenvalue weighted by molar-refractivity contribution is 0.484. The van der Waals surface area contributed by atoms with Crippen molar-refractivity contribution in [3.05, 3.63) is 57.8 Å². The van der Waals surface area contributed by atoms with E-state index in [1.807, 2.05) is 4.90 Å². The predicted molar refractivity (Wildman–Crippen MR) is 94.9 cm³/mol. The summed E-state index contributed by atoms with van der Waals surface area (Å²) >= 11 is 0. The van der Waals surface area contributed by atoms with E-state index in [9.17, 15) is 14.4 Å². The summed E-state index contributed by atoms with van der Waals surface area (Å²) < 4.78 is 15.1. The van der Waals surface area contributed by atoms with Gasteiger partial charge in [0.25, 0.3) is 5.56 Å². The van der Waals surface area contributed by atoms with Crippen molar-refractivity contribution >= 4 is 5.95 Å². The van der Waals surface area contributed by atoms with Gasteiger partial charge in [0.15, 0.2) is 0 Å². The van der Waals surface area contributed by atoms with Gasteiger partial charge in [-0.05, 0) is 24.5 Å². The van der Waals surface area contributed by atoms with Crippen LogP contribution in [0.1, 0.15) is 31.4 Å². The van der Waals surface area contributed by atoms with Gasteiger partial charge in [0.1, 0.15) is 0 Å². The van der Waals surface area contributed by atoms with E-state index in [0.717, 1.165) is 19.0 Å². The maximum absolute atomic E-state index is 13.8. The molecule has 0 aliphatic carbocycles. The van der Waals surface area contributed by atoms with Crippen LogP contribution in [0.5, 0.6) is 0 Å². The highest BCUT2D eigenvalue weighted by atomic mass is 19.1. The number of piperidine rings is 1. The highest BCUT2D eigenvalue weighted by molar-refractivity contribution is 5.39. The molecule has 1 aromatic carbocycles. The molecule has 2 aromatic rings. The molecule has 1 aliphatic heterocycles. The third-order valence-corrected chi connectivity index (χ3v) is 4.19. The van der Waals surface area contributed by atoms with Crippen molar-refractivity contribution in [2.75, 3.05) is 18.0 Å². The summed E-state index contributed by atoms with van der Waals surface area (Å²) in [6.07, 6.45) is 2.76. The summed E-state index contributed by atoms with van der Waals surface area (Å²) in [5.41, 5.74) is 6.36. The molecule has 0 radical (unpaired) electrons. The zero-order valence-corrected chi connectivity index (χ0v) is 13.2. The van der Waals surface area contributed by atoms with Crippen molar-refractivity contribution in [2.24, 2.45) is 5.73 Å². The van der Waals surface area contributed by atoms with E-state index >= 15 is 0 Å². The molecule has 1 aromatic heterocycles. The second-order valence-electron chi connectivity index (χ2n) is 5.91. The maximum Gasteiger partial charge on any atom is 0.291 e. The number of hydrogen-bond acceptors (Lipinski definition) is 5. The van der Waals surface area contributed by atoms with Crippen LogP contribution in [0.4, 0.5) is 10.3 Å². The summed E-state index contributed by atoms with van der Waals surface area (Å²) in [6, 6.07) is 9.05. The summed E-state index contributed by atoms with van der Waals surface area (Å²) in [7, 11) is 0. The van der Waals surface area contributed by atoms with Crippen molar-refractivity contribution in [3.8, 4) is 6.07 Å². The van der Waals surface area contributed by atoms with E-state index in [-0.39, 0.29) is 20.0 Å². The molecule has 1 aliphatic rings. The Morgan fingerprint density at radius 1 is 1.40 bits per heavy atom. The molecule has 2 heterocycles. The molecule has 2 N–H and O–H groups in total. The van der Waals surface area contributed by atoms with Gasteiger partial charge in [-0.15, -0.1) is 0 Å². The first-order chi connectivity index (χ1) is 11.6. The minimum atomic E-state index is -0.908. The number of anilines is 1. The number of benzene rings is 1. The van der Waals surface area contributed by atoms with Crippen LogP contribution in [0.2, 0.25) is 0 Å². The number of nitrogens with two attached hydrogens (primary N) is 1. The first-order valence-corrected chi connectivity index (χ1v) is 7.84. The molecule has 132 valence electrons. The van der Waals surface area contributed by atoms with Crippen LogP contribution in [-0.2, 0) is 6.54 Å². The molecule has 0 spiro atoms. The first-order valence-electron chi connectivity index (χ1n) is 7.84. The van der Waals surface area contributed by atoms with Crippen molar-refractivity contribution in [3.63, 3.8) is 0 Å². The van der Waals surface area contributed by atoms with Crippen LogP contribution < -0.4 is 16.2 Å². The number of rotatable bonds is 3. The van der Waals surface area contributed by atoms with E-state index in [1.165, 1.54) is 4.57 Å². The Kier molecular flexibility index (Phi) is 5.88. The Labute approximate surface area is 146 Å². The highest BCUT2D eigenvalue weighted by Gasteiger charge is 2.22. The molecular formula is C18H22FN5O. The molecular weight excluding hydrogens is 321 g/mol. The molecule has 0 saturated carbocycles. The van der Waals surface area contributed by atoms with Crippen LogP contribution in [0.25, 0.3) is 0 Å². The van der Waals surface area contributed by atoms with Gasteiger partial charge in [0.05, 0.1) is 24.4 Å². The molecule has 25 heavy (non-hydrogen) atoms. The van der Waals surface area contributed by atoms with Gasteiger partial charge >= 0.3 is 0 Å². The Morgan fingerprint density at radius 2 is 2.16 bits per heavy atom. The van der Waals surface area contributed by atoms with Gasteiger partial charge in [0.2, 0.25) is 11.8 Å². The molecule has 0 bridgehead atoms. The number of hydrogen-bond donors (Lipinski definition) is 1. The molecule has 1 fully saturated rings. The third-order valence-electron chi connectivity index (χ3n) is 4.19. The number of nitrogens with zero attached hydrogens (tertiary/aromatic N) is 4. The number of aromatic nitrogens is 2. The van der Waals surface area contributed by atoms with Crippen molar-refractivity contribution in [2.45, 2.75) is 32.9 Å². The summed E-state index contributed by atoms with van der Waals surface area (Å²) in [5.74, 6) is -0.515. The second kappa shape index (κ2) is 7.90. The zero-order chi connectivity index (χ0) is 17.1. The van der Waals surface area contributed by atoms with E-state index in [2.05, 4.69) is 11.1 Å². The number of halogens is 1. The standard InChI is InChI=1S/C17H18FN5O.CH4/c18-15-9-21-17(22-7-3-6-14(20)11-22)23(16(15)24)10-13-5-2-1-4-12(13)8-19;/h1-2,4-5,9,14H,3,6-7,10-11,20H2;1H4/t14-;/m1./s1. The molecule has 0 amide bonds. The van der Waals surface area contributed by atoms with Crippen molar-refractivity contribution < 1.29 is 4.39 Å². The molecule has 7 heteroatoms. The van der Waals surface area contributed by atoms with Crippen LogP contribution in [0, 0.1) is 17.1 Å². The molecule has 3 rings (SSSR count). The fourth-order valence-electron chi connectivity index (χ4n) is 2.98. The summed E-state index contributed by atoms with van der Waals surface area (Å²) in [6.45, 7) is 1.37. The van der Waals surface area contributed by atoms with Crippen LogP contribution >= 0.6 is 0 Å². The van der Waals surface area contributed by atoms with Crippen LogP contribution in [-0.4, -0.2) is 28.7 Å². The van der Waals surface area contributed by atoms with E-state index in [1.54, 1.807) is 24.3 Å². The van der Waals surface area contributed by atoms with E-state index in [0.29, 0.717) is 30.2 Å². The lowest BCUT2D eigenvalue weighted by Gasteiger charge is -2.32. The Hall–Kier alpha value is -2.72. The zero-order valence-electron chi connectivity index (χ0n) is 13.2. The highest BCUT2D eigenvalue weighted by Crippen LogP contribution is 2.18. The van der Waals surface area contributed by atoms with Gasteiger partial charge in [0, 0.05) is 19.1 Å². The lowest BCUT2D eigenvalue weighted by atomic mass is 10.1. The quantitative estimate of drug-likeness (QED) is 0.919. The van der Waals surface area contributed by atoms with Gasteiger partial charge in [-0.3, -0.25) is 9.36 Å². The smallest absolute Gasteiger partial charge is 0.291 e. The maximum atomic E-state index is 13.8. The fraction of sp³-hybridized carbons (Fsp3) is 0.389. The predicted octanol–water partition coefficient (Wildman–Crippen LogP) is 1.87. The molecule has 6 nitrogen and oxygen atoms in total. The Morgan fingerprint density at radius 3 is 2.88 bits per heavy atom. The van der Waals surface area contributed by atoms with E-state index in [4.69, 9.17) is 5.73 Å². The van der Waals surface area contributed by atoms with Gasteiger partial charge in [-0.1, -0.05) is 25.6 Å². The van der Waals surface area contributed by atoms with E-state index < -0.39 is 11.4 Å². The molecule has 0 unspecified atom stereocenters. The molecule has 1 saturated heterocycles. The lowest BCUT2D eigenvalue weighted by Crippen LogP contribution is -2.45. The average Bonchev–Trinajstić information content (AvgIpc) is 2.59. The summed E-state index contributed by atoms with van der Waals surface area (Å²) in [4.78, 5) is 18.4. The second-order valence-corrected chi connectivity index (χ2v) is 5.91. The molecule has 1 atom stereocenters. The minimum absolute atomic E-state index is 0. The van der Waals surface area contributed by atoms with Crippen LogP contribution in [0.15, 0.2) is 35.3 Å². The monoisotopic (exact) mass is 343 g/mol. The van der Waals surface area contributed by atoms with Crippen molar-refractivity contribution in [1.82, 2.24) is 9.55 Å². The van der Waals surface area contributed by atoms with Gasteiger partial charge in [-0.2, -0.15) is 9.65 Å². The Bertz CT molecular complexity index is 842. The fourth-order valence-corrected chi connectivity index (χ4v) is 2.98. The topological polar surface area (TPSA) is 87.9 Å². The van der Waals surface area contributed by atoms with Gasteiger partial charge in [-0.25, -0.2) is 4.98 Å². The minimum Gasteiger partial charge on any atom is -0.341 e. The third kappa shape index (κ3) is 3.86. The van der Waals surface area contributed by atoms with Crippen LogP contribution in [0.3, 0.4) is 0 Å². The SMILES string of the molecule is C.N#Cc1ccccc1Cn1c(N2CCC[C@@H](N)C2)ncc(F)c1=O. The summed E-state index contributed by atoms with van der Waals surface area (Å²) in [5, 5.41) is 9.22.